The number of ether oxygens (including phenoxy) is 1. The monoisotopic (exact) mass is 442 g/mol. The van der Waals surface area contributed by atoms with Gasteiger partial charge < -0.3 is 4.74 Å². The van der Waals surface area contributed by atoms with Gasteiger partial charge in [0.15, 0.2) is 0 Å². The number of nitro benzene ring substituents is 1. The SMILES string of the molecule is O=C1c2ccccc2C(=O)N1CCOc1nn(Cc2ccccc2)c2ccc([N+](=O)[O-])cc12. The molecule has 1 aromatic heterocycles. The molecule has 33 heavy (non-hydrogen) atoms. The smallest absolute Gasteiger partial charge is 0.270 e. The van der Waals surface area contributed by atoms with Gasteiger partial charge in [0.2, 0.25) is 5.88 Å². The van der Waals surface area contributed by atoms with Crippen molar-refractivity contribution in [2.45, 2.75) is 6.54 Å². The Balaban J connectivity index is 1.39. The first kappa shape index (κ1) is 20.4. The quantitative estimate of drug-likeness (QED) is 0.246. The number of imide groups is 1. The fourth-order valence-electron chi connectivity index (χ4n) is 3.91. The molecule has 0 aliphatic carbocycles. The van der Waals surface area contributed by atoms with Gasteiger partial charge >= 0.3 is 0 Å². The topological polar surface area (TPSA) is 108 Å². The molecule has 1 aliphatic rings. The molecule has 0 radical (unpaired) electrons. The lowest BCUT2D eigenvalue weighted by molar-refractivity contribution is -0.384. The van der Waals surface area contributed by atoms with Crippen LogP contribution in [0, 0.1) is 10.1 Å². The number of hydrogen-bond donors (Lipinski definition) is 0. The lowest BCUT2D eigenvalue weighted by Gasteiger charge is -2.13. The van der Waals surface area contributed by atoms with Gasteiger partial charge in [0.25, 0.3) is 17.5 Å². The maximum Gasteiger partial charge on any atom is 0.270 e. The highest BCUT2D eigenvalue weighted by Gasteiger charge is 2.34. The molecule has 0 atom stereocenters. The average Bonchev–Trinajstić information content (AvgIpc) is 3.29. The van der Waals surface area contributed by atoms with E-state index in [1.165, 1.54) is 12.1 Å². The Bertz CT molecular complexity index is 1360. The van der Waals surface area contributed by atoms with Crippen LogP contribution in [-0.4, -0.2) is 44.6 Å². The van der Waals surface area contributed by atoms with Crippen molar-refractivity contribution in [3.05, 3.63) is 99.6 Å². The Morgan fingerprint density at radius 2 is 1.58 bits per heavy atom. The molecule has 9 heteroatoms. The van der Waals surface area contributed by atoms with Crippen LogP contribution in [0.3, 0.4) is 0 Å². The lowest BCUT2D eigenvalue weighted by atomic mass is 10.1. The van der Waals surface area contributed by atoms with E-state index in [2.05, 4.69) is 5.10 Å². The maximum absolute atomic E-state index is 12.5. The van der Waals surface area contributed by atoms with Gasteiger partial charge in [-0.25, -0.2) is 0 Å². The highest BCUT2D eigenvalue weighted by atomic mass is 16.6. The molecule has 0 bridgehead atoms. The molecule has 0 spiro atoms. The molecular formula is C24H18N4O5. The predicted molar refractivity (Wildman–Crippen MR) is 119 cm³/mol. The second-order valence-corrected chi connectivity index (χ2v) is 7.56. The van der Waals surface area contributed by atoms with Crippen LogP contribution in [0.5, 0.6) is 5.88 Å². The van der Waals surface area contributed by atoms with Gasteiger partial charge in [0.1, 0.15) is 6.61 Å². The summed E-state index contributed by atoms with van der Waals surface area (Å²) >= 11 is 0. The van der Waals surface area contributed by atoms with Crippen LogP contribution in [0.2, 0.25) is 0 Å². The number of fused-ring (bicyclic) bond motifs is 2. The Morgan fingerprint density at radius 3 is 2.24 bits per heavy atom. The van der Waals surface area contributed by atoms with Gasteiger partial charge in [0.05, 0.1) is 40.0 Å². The standard InChI is InChI=1S/C24H18N4O5/c29-23-18-8-4-5-9-19(18)24(30)26(23)12-13-33-22-20-14-17(28(31)32)10-11-21(20)27(25-22)15-16-6-2-1-3-7-16/h1-11,14H,12-13,15H2. The number of amides is 2. The zero-order chi connectivity index (χ0) is 22.9. The normalized spacial score (nSPS) is 12.9. The molecule has 0 fully saturated rings. The number of carbonyl (C=O) groups excluding carboxylic acids is 2. The second-order valence-electron chi connectivity index (χ2n) is 7.56. The number of benzene rings is 3. The summed E-state index contributed by atoms with van der Waals surface area (Å²) in [4.78, 5) is 37.0. The average molecular weight is 442 g/mol. The van der Waals surface area contributed by atoms with Crippen molar-refractivity contribution in [1.82, 2.24) is 14.7 Å². The minimum atomic E-state index is -0.476. The number of aromatic nitrogens is 2. The summed E-state index contributed by atoms with van der Waals surface area (Å²) in [5.41, 5.74) is 2.36. The minimum Gasteiger partial charge on any atom is -0.474 e. The van der Waals surface area contributed by atoms with Crippen LogP contribution in [-0.2, 0) is 6.54 Å². The first-order valence-electron chi connectivity index (χ1n) is 10.3. The molecule has 9 nitrogen and oxygen atoms in total. The van der Waals surface area contributed by atoms with E-state index in [-0.39, 0.29) is 36.5 Å². The van der Waals surface area contributed by atoms with E-state index in [1.54, 1.807) is 35.0 Å². The van der Waals surface area contributed by atoms with Crippen molar-refractivity contribution in [3.63, 3.8) is 0 Å². The van der Waals surface area contributed by atoms with Gasteiger partial charge in [-0.15, -0.1) is 5.10 Å². The number of nitro groups is 1. The molecule has 3 aromatic carbocycles. The number of non-ortho nitro benzene ring substituents is 1. The summed E-state index contributed by atoms with van der Waals surface area (Å²) in [7, 11) is 0. The fraction of sp³-hybridized carbons (Fsp3) is 0.125. The van der Waals surface area contributed by atoms with Crippen molar-refractivity contribution in [2.75, 3.05) is 13.2 Å². The summed E-state index contributed by atoms with van der Waals surface area (Å²) in [5.74, 6) is -0.523. The van der Waals surface area contributed by atoms with Crippen LogP contribution in [0.4, 0.5) is 5.69 Å². The van der Waals surface area contributed by atoms with E-state index in [1.807, 2.05) is 30.3 Å². The third kappa shape index (κ3) is 3.69. The summed E-state index contributed by atoms with van der Waals surface area (Å²) < 4.78 is 7.54. The summed E-state index contributed by atoms with van der Waals surface area (Å²) in [6.45, 7) is 0.497. The Morgan fingerprint density at radius 1 is 0.909 bits per heavy atom. The van der Waals surface area contributed by atoms with E-state index < -0.39 is 4.92 Å². The van der Waals surface area contributed by atoms with Crippen LogP contribution in [0.1, 0.15) is 26.3 Å². The van der Waals surface area contributed by atoms with Crippen molar-refractivity contribution >= 4 is 28.4 Å². The third-order valence-electron chi connectivity index (χ3n) is 5.52. The highest BCUT2D eigenvalue weighted by molar-refractivity contribution is 6.21. The molecule has 164 valence electrons. The number of nitrogens with zero attached hydrogens (tertiary/aromatic N) is 4. The van der Waals surface area contributed by atoms with Crippen LogP contribution >= 0.6 is 0 Å². The van der Waals surface area contributed by atoms with E-state index >= 15 is 0 Å². The maximum atomic E-state index is 12.5. The van der Waals surface area contributed by atoms with Crippen molar-refractivity contribution in [3.8, 4) is 5.88 Å². The van der Waals surface area contributed by atoms with Crippen LogP contribution in [0.15, 0.2) is 72.8 Å². The Kier molecular flexibility index (Phi) is 5.06. The van der Waals surface area contributed by atoms with Gasteiger partial charge in [-0.1, -0.05) is 42.5 Å². The molecule has 2 heterocycles. The molecular weight excluding hydrogens is 424 g/mol. The fourth-order valence-corrected chi connectivity index (χ4v) is 3.91. The van der Waals surface area contributed by atoms with Gasteiger partial charge in [-0.3, -0.25) is 29.3 Å². The largest absolute Gasteiger partial charge is 0.474 e. The molecule has 1 aliphatic heterocycles. The first-order chi connectivity index (χ1) is 16.0. The van der Waals surface area contributed by atoms with Crippen molar-refractivity contribution in [1.29, 1.82) is 0 Å². The van der Waals surface area contributed by atoms with E-state index in [0.717, 1.165) is 10.5 Å². The molecule has 0 saturated heterocycles. The summed E-state index contributed by atoms with van der Waals surface area (Å²) in [6.07, 6.45) is 0. The molecule has 2 amide bonds. The Labute approximate surface area is 188 Å². The minimum absolute atomic E-state index is 0.00557. The predicted octanol–water partition coefficient (Wildman–Crippen LogP) is 3.67. The summed E-state index contributed by atoms with van der Waals surface area (Å²) in [5, 5.41) is 16.3. The summed E-state index contributed by atoms with van der Waals surface area (Å²) in [6, 6.07) is 20.8. The number of hydrogen-bond acceptors (Lipinski definition) is 6. The Hall–Kier alpha value is -4.53. The van der Waals surface area contributed by atoms with Crippen molar-refractivity contribution in [2.24, 2.45) is 0 Å². The third-order valence-corrected chi connectivity index (χ3v) is 5.52. The molecule has 4 aromatic rings. The van der Waals surface area contributed by atoms with Gasteiger partial charge in [-0.05, 0) is 23.8 Å². The molecule has 0 N–H and O–H groups in total. The van der Waals surface area contributed by atoms with Gasteiger partial charge in [-0.2, -0.15) is 0 Å². The number of carbonyl (C=O) groups is 2. The molecule has 0 saturated carbocycles. The first-order valence-corrected chi connectivity index (χ1v) is 10.3. The zero-order valence-electron chi connectivity index (χ0n) is 17.4. The van der Waals surface area contributed by atoms with E-state index in [4.69, 9.17) is 4.74 Å². The van der Waals surface area contributed by atoms with Crippen LogP contribution < -0.4 is 4.74 Å². The molecule has 5 rings (SSSR count). The lowest BCUT2D eigenvalue weighted by Crippen LogP contribution is -2.33. The van der Waals surface area contributed by atoms with E-state index in [9.17, 15) is 19.7 Å². The molecule has 0 unspecified atom stereocenters. The highest BCUT2D eigenvalue weighted by Crippen LogP contribution is 2.30. The van der Waals surface area contributed by atoms with E-state index in [0.29, 0.717) is 28.6 Å². The zero-order valence-corrected chi connectivity index (χ0v) is 17.4. The van der Waals surface area contributed by atoms with Crippen LogP contribution in [0.25, 0.3) is 10.9 Å². The second kappa shape index (κ2) is 8.19. The number of rotatable bonds is 7. The van der Waals surface area contributed by atoms with Crippen molar-refractivity contribution < 1.29 is 19.2 Å². The van der Waals surface area contributed by atoms with Gasteiger partial charge in [0, 0.05) is 12.1 Å².